The highest BCUT2D eigenvalue weighted by molar-refractivity contribution is 9.09. The van der Waals surface area contributed by atoms with Gasteiger partial charge in [0.25, 0.3) is 0 Å². The lowest BCUT2D eigenvalue weighted by molar-refractivity contribution is -0.238. The molecule has 1 aliphatic rings. The van der Waals surface area contributed by atoms with Crippen LogP contribution in [0.2, 0.25) is 0 Å². The van der Waals surface area contributed by atoms with Gasteiger partial charge in [-0.3, -0.25) is 14.4 Å². The van der Waals surface area contributed by atoms with Crippen molar-refractivity contribution in [1.82, 2.24) is 0 Å². The maximum Gasteiger partial charge on any atom is 0.303 e. The number of rotatable bonds is 6. The van der Waals surface area contributed by atoms with Gasteiger partial charge >= 0.3 is 17.9 Å². The lowest BCUT2D eigenvalue weighted by atomic mass is 9.99. The molecule has 0 saturated carbocycles. The molecule has 0 aliphatic carbocycles. The van der Waals surface area contributed by atoms with E-state index >= 15 is 0 Å². The van der Waals surface area contributed by atoms with Crippen molar-refractivity contribution in [2.75, 3.05) is 6.61 Å². The molecule has 1 rings (SSSR count). The van der Waals surface area contributed by atoms with Crippen LogP contribution >= 0.6 is 15.9 Å². The third-order valence-electron chi connectivity index (χ3n) is 3.08. The van der Waals surface area contributed by atoms with Gasteiger partial charge in [0.1, 0.15) is 6.10 Å². The lowest BCUT2D eigenvalue weighted by Crippen LogP contribution is -2.61. The van der Waals surface area contributed by atoms with E-state index in [4.69, 9.17) is 23.7 Å². The van der Waals surface area contributed by atoms with Gasteiger partial charge in [0.2, 0.25) is 0 Å². The van der Waals surface area contributed by atoms with Gasteiger partial charge in [0, 0.05) is 20.8 Å². The van der Waals surface area contributed by atoms with E-state index in [9.17, 15) is 14.4 Å². The minimum atomic E-state index is -1.02. The summed E-state index contributed by atoms with van der Waals surface area (Å²) in [5.74, 6) is -1.76. The Labute approximate surface area is 149 Å². The van der Waals surface area contributed by atoms with Crippen LogP contribution in [-0.4, -0.2) is 60.0 Å². The summed E-state index contributed by atoms with van der Waals surface area (Å²) in [7, 11) is 0. The zero-order valence-corrected chi connectivity index (χ0v) is 15.9. The van der Waals surface area contributed by atoms with Crippen molar-refractivity contribution in [2.45, 2.75) is 70.2 Å². The molecule has 0 aromatic carbocycles. The van der Waals surface area contributed by atoms with E-state index in [-0.39, 0.29) is 12.7 Å². The van der Waals surface area contributed by atoms with Gasteiger partial charge in [-0.2, -0.15) is 0 Å². The van der Waals surface area contributed by atoms with Gasteiger partial charge in [-0.25, -0.2) is 0 Å². The Hall–Kier alpha value is -1.19. The van der Waals surface area contributed by atoms with E-state index in [0.717, 1.165) is 0 Å². The molecule has 0 bridgehead atoms. The summed E-state index contributed by atoms with van der Waals surface area (Å²) in [6, 6.07) is 0. The number of alkyl halides is 1. The molecule has 0 radical (unpaired) electrons. The van der Waals surface area contributed by atoms with Gasteiger partial charge in [0.15, 0.2) is 23.3 Å². The van der Waals surface area contributed by atoms with Gasteiger partial charge < -0.3 is 23.7 Å². The zero-order chi connectivity index (χ0) is 18.4. The second kappa shape index (κ2) is 9.33. The minimum absolute atomic E-state index is 0.0706. The molecule has 1 aliphatic heterocycles. The van der Waals surface area contributed by atoms with E-state index in [1.165, 1.54) is 20.8 Å². The number of ether oxygens (including phenoxy) is 5. The molecular weight excluding hydrogens is 388 g/mol. The Balaban J connectivity index is 3.08. The average Bonchev–Trinajstić information content (AvgIpc) is 2.42. The molecule has 1 fully saturated rings. The first-order valence-corrected chi connectivity index (χ1v) is 8.46. The molecule has 0 amide bonds. The summed E-state index contributed by atoms with van der Waals surface area (Å²) in [5.41, 5.74) is 0. The Kier molecular flexibility index (Phi) is 8.11. The van der Waals surface area contributed by atoms with Crippen LogP contribution in [0.15, 0.2) is 0 Å². The van der Waals surface area contributed by atoms with Crippen molar-refractivity contribution >= 4 is 33.8 Å². The summed E-state index contributed by atoms with van der Waals surface area (Å²) >= 11 is 3.27. The Bertz CT molecular complexity index is 466. The Morgan fingerprint density at radius 3 is 1.83 bits per heavy atom. The molecule has 9 heteroatoms. The lowest BCUT2D eigenvalue weighted by Gasteiger charge is -2.43. The molecule has 24 heavy (non-hydrogen) atoms. The fraction of sp³-hybridized carbons (Fsp3) is 0.800. The van der Waals surface area contributed by atoms with Gasteiger partial charge in [-0.15, -0.1) is 0 Å². The number of carbonyl (C=O) groups is 3. The molecule has 0 aromatic heterocycles. The van der Waals surface area contributed by atoms with Crippen molar-refractivity contribution in [3.05, 3.63) is 0 Å². The second-order valence-electron chi connectivity index (χ2n) is 5.63. The third-order valence-corrected chi connectivity index (χ3v) is 3.81. The molecule has 1 saturated heterocycles. The number of carbonyl (C=O) groups excluding carboxylic acids is 3. The molecule has 1 heterocycles. The quantitative estimate of drug-likeness (QED) is 0.367. The van der Waals surface area contributed by atoms with Crippen LogP contribution in [-0.2, 0) is 38.1 Å². The maximum atomic E-state index is 11.5. The smallest absolute Gasteiger partial charge is 0.303 e. The van der Waals surface area contributed by atoms with Crippen LogP contribution < -0.4 is 0 Å². The summed E-state index contributed by atoms with van der Waals surface area (Å²) in [5, 5.41) is -0.752. The molecule has 0 unspecified atom stereocenters. The van der Waals surface area contributed by atoms with Crippen molar-refractivity contribution in [1.29, 1.82) is 0 Å². The fourth-order valence-electron chi connectivity index (χ4n) is 2.26. The normalized spacial score (nSPS) is 29.9. The first-order chi connectivity index (χ1) is 11.1. The van der Waals surface area contributed by atoms with Crippen LogP contribution in [0, 0.1) is 0 Å². The topological polar surface area (TPSA) is 97.4 Å². The Morgan fingerprint density at radius 1 is 0.917 bits per heavy atom. The maximum absolute atomic E-state index is 11.5. The standard InChI is InChI=1S/C15H23BrO8/c1-7(2)20-6-11-12(21-8(3)17)13(22-9(4)18)14(15(16)24-11)23-10(5)19/h7,11-15H,6H2,1-5H3/t11-,12+,13+,14-,15+/m1/s1. The van der Waals surface area contributed by atoms with Crippen LogP contribution in [0.5, 0.6) is 0 Å². The van der Waals surface area contributed by atoms with Crippen molar-refractivity contribution in [3.63, 3.8) is 0 Å². The van der Waals surface area contributed by atoms with Crippen LogP contribution in [0.1, 0.15) is 34.6 Å². The first-order valence-electron chi connectivity index (χ1n) is 7.54. The molecule has 5 atom stereocenters. The van der Waals surface area contributed by atoms with E-state index < -0.39 is 47.3 Å². The first kappa shape index (κ1) is 20.9. The van der Waals surface area contributed by atoms with E-state index in [1.807, 2.05) is 13.8 Å². The molecule has 0 N–H and O–H groups in total. The third kappa shape index (κ3) is 6.37. The summed E-state index contributed by atoms with van der Waals surface area (Å²) < 4.78 is 27.0. The van der Waals surface area contributed by atoms with Gasteiger partial charge in [0.05, 0.1) is 12.7 Å². The summed E-state index contributed by atoms with van der Waals surface area (Å²) in [6.07, 6.45) is -3.72. The average molecular weight is 411 g/mol. The molecule has 0 spiro atoms. The molecule has 0 aromatic rings. The SMILES string of the molecule is CC(=O)O[C@@H]1[C@@H](OC(C)=O)[C@@H](Br)O[C@H](COC(C)C)[C@@H]1OC(C)=O. The van der Waals surface area contributed by atoms with Crippen molar-refractivity contribution < 1.29 is 38.1 Å². The fourth-order valence-corrected chi connectivity index (χ4v) is 2.95. The van der Waals surface area contributed by atoms with Crippen LogP contribution in [0.4, 0.5) is 0 Å². The summed E-state index contributed by atoms with van der Waals surface area (Å²) in [6.45, 7) is 7.48. The monoisotopic (exact) mass is 410 g/mol. The molecular formula is C15H23BrO8. The highest BCUT2D eigenvalue weighted by atomic mass is 79.9. The number of hydrogen-bond acceptors (Lipinski definition) is 8. The molecule has 138 valence electrons. The highest BCUT2D eigenvalue weighted by Gasteiger charge is 2.51. The Morgan fingerprint density at radius 2 is 1.38 bits per heavy atom. The highest BCUT2D eigenvalue weighted by Crippen LogP contribution is 2.31. The van der Waals surface area contributed by atoms with Gasteiger partial charge in [-0.1, -0.05) is 15.9 Å². The van der Waals surface area contributed by atoms with E-state index in [2.05, 4.69) is 15.9 Å². The molecule has 8 nitrogen and oxygen atoms in total. The minimum Gasteiger partial charge on any atom is -0.456 e. The van der Waals surface area contributed by atoms with Crippen LogP contribution in [0.25, 0.3) is 0 Å². The number of halogens is 1. The second-order valence-corrected chi connectivity index (χ2v) is 6.53. The number of hydrogen-bond donors (Lipinski definition) is 0. The number of esters is 3. The van der Waals surface area contributed by atoms with Crippen molar-refractivity contribution in [3.8, 4) is 0 Å². The van der Waals surface area contributed by atoms with Crippen LogP contribution in [0.3, 0.4) is 0 Å². The predicted molar refractivity (Wildman–Crippen MR) is 85.3 cm³/mol. The van der Waals surface area contributed by atoms with E-state index in [0.29, 0.717) is 0 Å². The van der Waals surface area contributed by atoms with Crippen molar-refractivity contribution in [2.24, 2.45) is 0 Å². The summed E-state index contributed by atoms with van der Waals surface area (Å²) in [4.78, 5) is 34.3. The predicted octanol–water partition coefficient (Wildman–Crippen LogP) is 1.33. The van der Waals surface area contributed by atoms with Gasteiger partial charge in [-0.05, 0) is 13.8 Å². The van der Waals surface area contributed by atoms with E-state index in [1.54, 1.807) is 0 Å². The largest absolute Gasteiger partial charge is 0.456 e. The zero-order valence-electron chi connectivity index (χ0n) is 14.3.